The Bertz CT molecular complexity index is 1550. The van der Waals surface area contributed by atoms with Crippen LogP contribution in [-0.4, -0.2) is 41.4 Å². The largest absolute Gasteiger partial charge is 0.495 e. The Morgan fingerprint density at radius 2 is 1.82 bits per heavy atom. The SMILES string of the molecule is COCC(=O)Nc1cc(N2C(=S)NC(c3ccccn3)C2c2cc(C)n(-c3ccccc3C)c2C)ccc1OC. The summed E-state index contributed by atoms with van der Waals surface area (Å²) in [5.74, 6) is 0.270. The molecule has 1 aliphatic heterocycles. The van der Waals surface area contributed by atoms with Crippen molar-refractivity contribution in [3.8, 4) is 11.4 Å². The number of hydrogen-bond donors (Lipinski definition) is 2. The average Bonchev–Trinajstić information content (AvgIpc) is 3.44. The van der Waals surface area contributed by atoms with Gasteiger partial charge in [0.25, 0.3) is 0 Å². The molecule has 4 aromatic rings. The lowest BCUT2D eigenvalue weighted by molar-refractivity contribution is -0.119. The first-order valence-electron chi connectivity index (χ1n) is 13.1. The topological polar surface area (TPSA) is 80.7 Å². The molecule has 2 unspecified atom stereocenters. The number of carbonyl (C=O) groups is 1. The Hall–Kier alpha value is -4.21. The van der Waals surface area contributed by atoms with Gasteiger partial charge in [-0.1, -0.05) is 24.3 Å². The summed E-state index contributed by atoms with van der Waals surface area (Å²) < 4.78 is 12.8. The third kappa shape index (κ3) is 5.05. The van der Waals surface area contributed by atoms with Crippen LogP contribution in [0.1, 0.15) is 40.3 Å². The van der Waals surface area contributed by atoms with E-state index in [9.17, 15) is 4.79 Å². The van der Waals surface area contributed by atoms with E-state index in [0.29, 0.717) is 16.5 Å². The molecule has 2 N–H and O–H groups in total. The molecule has 2 atom stereocenters. The number of rotatable bonds is 8. The first kappa shape index (κ1) is 27.4. The van der Waals surface area contributed by atoms with Gasteiger partial charge in [-0.3, -0.25) is 9.78 Å². The zero-order chi connectivity index (χ0) is 28.4. The van der Waals surface area contributed by atoms with Crippen molar-refractivity contribution in [3.63, 3.8) is 0 Å². The van der Waals surface area contributed by atoms with E-state index in [1.54, 1.807) is 13.3 Å². The van der Waals surface area contributed by atoms with Crippen LogP contribution in [0.15, 0.2) is 72.9 Å². The van der Waals surface area contributed by atoms with Crippen molar-refractivity contribution in [2.45, 2.75) is 32.9 Å². The summed E-state index contributed by atoms with van der Waals surface area (Å²) in [6.45, 7) is 6.33. The Labute approximate surface area is 239 Å². The number of ether oxygens (including phenoxy) is 2. The van der Waals surface area contributed by atoms with Gasteiger partial charge in [-0.2, -0.15) is 0 Å². The number of anilines is 2. The van der Waals surface area contributed by atoms with Gasteiger partial charge in [0.1, 0.15) is 12.4 Å². The van der Waals surface area contributed by atoms with Gasteiger partial charge in [-0.05, 0) is 86.6 Å². The number of methoxy groups -OCH3 is 2. The highest BCUT2D eigenvalue weighted by Gasteiger charge is 2.42. The molecule has 2 aromatic heterocycles. The van der Waals surface area contributed by atoms with Crippen LogP contribution < -0.4 is 20.3 Å². The van der Waals surface area contributed by atoms with E-state index in [1.807, 2.05) is 36.4 Å². The Balaban J connectivity index is 1.66. The van der Waals surface area contributed by atoms with Crippen molar-refractivity contribution < 1.29 is 14.3 Å². The number of nitrogens with zero attached hydrogens (tertiary/aromatic N) is 3. The van der Waals surface area contributed by atoms with E-state index < -0.39 is 0 Å². The van der Waals surface area contributed by atoms with Crippen LogP contribution in [0.4, 0.5) is 11.4 Å². The fourth-order valence-corrected chi connectivity index (χ4v) is 5.83. The maximum Gasteiger partial charge on any atom is 0.250 e. The monoisotopic (exact) mass is 555 g/mol. The van der Waals surface area contributed by atoms with Gasteiger partial charge in [0.2, 0.25) is 5.91 Å². The van der Waals surface area contributed by atoms with Crippen molar-refractivity contribution in [1.29, 1.82) is 0 Å². The molecular weight excluding hydrogens is 522 g/mol. The van der Waals surface area contributed by atoms with Crippen LogP contribution in [-0.2, 0) is 9.53 Å². The highest BCUT2D eigenvalue weighted by Crippen LogP contribution is 2.45. The molecule has 1 amide bonds. The minimum Gasteiger partial charge on any atom is -0.495 e. The van der Waals surface area contributed by atoms with Gasteiger partial charge in [-0.25, -0.2) is 0 Å². The molecule has 206 valence electrons. The number of nitrogens with one attached hydrogen (secondary N) is 2. The van der Waals surface area contributed by atoms with Crippen LogP contribution in [0.25, 0.3) is 5.69 Å². The van der Waals surface area contributed by atoms with E-state index in [-0.39, 0.29) is 24.6 Å². The second-order valence-electron chi connectivity index (χ2n) is 9.81. The first-order valence-corrected chi connectivity index (χ1v) is 13.5. The fraction of sp³-hybridized carbons (Fsp3) is 0.258. The second kappa shape index (κ2) is 11.5. The molecule has 0 saturated carbocycles. The van der Waals surface area contributed by atoms with Gasteiger partial charge in [0, 0.05) is 36.1 Å². The van der Waals surface area contributed by atoms with Gasteiger partial charge < -0.3 is 29.6 Å². The zero-order valence-electron chi connectivity index (χ0n) is 23.3. The fourth-order valence-electron chi connectivity index (χ4n) is 5.48. The molecule has 5 rings (SSSR count). The summed E-state index contributed by atoms with van der Waals surface area (Å²) in [6.07, 6.45) is 1.80. The van der Waals surface area contributed by atoms with E-state index >= 15 is 0 Å². The quantitative estimate of drug-likeness (QED) is 0.275. The summed E-state index contributed by atoms with van der Waals surface area (Å²) in [7, 11) is 3.06. The predicted octanol–water partition coefficient (Wildman–Crippen LogP) is 5.57. The van der Waals surface area contributed by atoms with Gasteiger partial charge >= 0.3 is 0 Å². The number of para-hydroxylation sites is 1. The smallest absolute Gasteiger partial charge is 0.250 e. The second-order valence-corrected chi connectivity index (χ2v) is 10.2. The minimum absolute atomic E-state index is 0.0632. The van der Waals surface area contributed by atoms with Gasteiger partial charge in [0.15, 0.2) is 5.11 Å². The molecule has 0 bridgehead atoms. The lowest BCUT2D eigenvalue weighted by Gasteiger charge is -2.29. The molecule has 1 aliphatic rings. The molecule has 9 heteroatoms. The number of amides is 1. The van der Waals surface area contributed by atoms with Gasteiger partial charge in [0.05, 0.1) is 30.6 Å². The number of aromatic nitrogens is 2. The van der Waals surface area contributed by atoms with E-state index in [4.69, 9.17) is 21.7 Å². The average molecular weight is 556 g/mol. The zero-order valence-corrected chi connectivity index (χ0v) is 24.1. The Morgan fingerprint density at radius 1 is 1.05 bits per heavy atom. The Morgan fingerprint density at radius 3 is 2.52 bits per heavy atom. The maximum atomic E-state index is 12.4. The first-order chi connectivity index (χ1) is 19.3. The number of pyridine rings is 1. The number of thiocarbonyl (C=S) groups is 1. The van der Waals surface area contributed by atoms with E-state index in [0.717, 1.165) is 34.0 Å². The van der Waals surface area contributed by atoms with Crippen LogP contribution >= 0.6 is 12.2 Å². The summed E-state index contributed by atoms with van der Waals surface area (Å²) in [5.41, 5.74) is 7.96. The molecule has 8 nitrogen and oxygen atoms in total. The van der Waals surface area contributed by atoms with Crippen molar-refractivity contribution in [2.75, 3.05) is 31.0 Å². The van der Waals surface area contributed by atoms with Crippen molar-refractivity contribution in [3.05, 3.63) is 101 Å². The molecule has 40 heavy (non-hydrogen) atoms. The number of carbonyl (C=O) groups excluding carboxylic acids is 1. The highest BCUT2D eigenvalue weighted by atomic mass is 32.1. The minimum atomic E-state index is -0.273. The molecular formula is C31H33N5O3S. The van der Waals surface area contributed by atoms with Gasteiger partial charge in [-0.15, -0.1) is 0 Å². The summed E-state index contributed by atoms with van der Waals surface area (Å²) in [4.78, 5) is 19.2. The lowest BCUT2D eigenvalue weighted by Crippen LogP contribution is -2.29. The lowest BCUT2D eigenvalue weighted by atomic mass is 9.96. The normalized spacial score (nSPS) is 16.6. The van der Waals surface area contributed by atoms with Crippen molar-refractivity contribution >= 4 is 34.6 Å². The third-order valence-electron chi connectivity index (χ3n) is 7.25. The van der Waals surface area contributed by atoms with Crippen LogP contribution in [0.3, 0.4) is 0 Å². The van der Waals surface area contributed by atoms with E-state index in [2.05, 4.69) is 76.2 Å². The van der Waals surface area contributed by atoms with Crippen LogP contribution in [0.2, 0.25) is 0 Å². The molecule has 1 saturated heterocycles. The molecule has 3 heterocycles. The third-order valence-corrected chi connectivity index (χ3v) is 7.57. The van der Waals surface area contributed by atoms with Crippen molar-refractivity contribution in [2.24, 2.45) is 0 Å². The Kier molecular flexibility index (Phi) is 7.86. The molecule has 0 spiro atoms. The van der Waals surface area contributed by atoms with Crippen molar-refractivity contribution in [1.82, 2.24) is 14.9 Å². The maximum absolute atomic E-state index is 12.4. The molecule has 2 aromatic carbocycles. The predicted molar refractivity (Wildman–Crippen MR) is 161 cm³/mol. The van der Waals surface area contributed by atoms with Crippen LogP contribution in [0, 0.1) is 20.8 Å². The summed E-state index contributed by atoms with van der Waals surface area (Å²) in [5, 5.41) is 7.00. The number of hydrogen-bond acceptors (Lipinski definition) is 5. The summed E-state index contributed by atoms with van der Waals surface area (Å²) >= 11 is 5.95. The number of aryl methyl sites for hydroxylation is 2. The molecule has 1 fully saturated rings. The molecule has 0 radical (unpaired) electrons. The highest BCUT2D eigenvalue weighted by molar-refractivity contribution is 7.80. The van der Waals surface area contributed by atoms with Crippen LogP contribution in [0.5, 0.6) is 5.75 Å². The number of benzene rings is 2. The summed E-state index contributed by atoms with van der Waals surface area (Å²) in [6, 6.07) is 21.8. The standard InChI is InChI=1S/C31H33N5O3S/c1-19-10-6-7-12-26(19)35-20(2)16-23(21(35)3)30-29(24-11-8-9-15-32-24)34-31(40)36(30)22-13-14-27(39-5)25(17-22)33-28(37)18-38-4/h6-17,29-30H,18H2,1-5H3,(H,33,37)(H,34,40). The van der Waals surface area contributed by atoms with E-state index in [1.165, 1.54) is 12.7 Å². The molecule has 0 aliphatic carbocycles.